The van der Waals surface area contributed by atoms with E-state index in [2.05, 4.69) is 19.2 Å². The van der Waals surface area contributed by atoms with Gasteiger partial charge in [-0.05, 0) is 62.1 Å². The van der Waals surface area contributed by atoms with Gasteiger partial charge in [-0.2, -0.15) is 17.5 Å². The maximum Gasteiger partial charge on any atom is 0.416 e. The maximum atomic E-state index is 13.1. The molecule has 3 aliphatic rings. The zero-order valence-corrected chi connectivity index (χ0v) is 19.2. The van der Waals surface area contributed by atoms with Crippen LogP contribution in [0.2, 0.25) is 0 Å². The number of carbonyl (C=O) groups is 1. The third-order valence-electron chi connectivity index (χ3n) is 6.72. The van der Waals surface area contributed by atoms with Gasteiger partial charge in [0.25, 0.3) is 0 Å². The van der Waals surface area contributed by atoms with Gasteiger partial charge in [-0.1, -0.05) is 19.9 Å². The number of hydrogen-bond donors (Lipinski definition) is 1. The Morgan fingerprint density at radius 1 is 1.19 bits per heavy atom. The summed E-state index contributed by atoms with van der Waals surface area (Å²) in [4.78, 5) is 14.7. The van der Waals surface area contributed by atoms with Crippen LogP contribution in [0.5, 0.6) is 0 Å². The summed E-state index contributed by atoms with van der Waals surface area (Å²) in [6.07, 6.45) is -0.861. The van der Waals surface area contributed by atoms with Crippen LogP contribution in [0.3, 0.4) is 0 Å². The summed E-state index contributed by atoms with van der Waals surface area (Å²) in [5.41, 5.74) is -1.57. The number of rotatable bonds is 6. The Hall–Kier alpha value is -1.65. The number of sulfonamides is 1. The fourth-order valence-electron chi connectivity index (χ4n) is 4.81. The Morgan fingerprint density at radius 2 is 1.84 bits per heavy atom. The Kier molecular flexibility index (Phi) is 6.09. The fraction of sp³-hybridized carbons (Fsp3) is 0.682. The molecule has 1 saturated carbocycles. The first-order valence-corrected chi connectivity index (χ1v) is 12.6. The highest BCUT2D eigenvalue weighted by atomic mass is 32.2. The lowest BCUT2D eigenvalue weighted by Gasteiger charge is -2.44. The lowest BCUT2D eigenvalue weighted by Crippen LogP contribution is -2.59. The molecule has 3 fully saturated rings. The molecule has 0 radical (unpaired) electrons. The van der Waals surface area contributed by atoms with Crippen LogP contribution in [0.1, 0.15) is 51.5 Å². The number of nitrogens with one attached hydrogen (secondary N) is 1. The van der Waals surface area contributed by atoms with Crippen molar-refractivity contribution < 1.29 is 26.4 Å². The van der Waals surface area contributed by atoms with Gasteiger partial charge >= 0.3 is 6.18 Å². The van der Waals surface area contributed by atoms with E-state index in [4.69, 9.17) is 0 Å². The van der Waals surface area contributed by atoms with E-state index >= 15 is 0 Å². The first kappa shape index (κ1) is 23.5. The molecule has 0 bridgehead atoms. The van der Waals surface area contributed by atoms with Crippen molar-refractivity contribution in [2.75, 3.05) is 19.6 Å². The van der Waals surface area contributed by atoms with Gasteiger partial charge in [-0.25, -0.2) is 8.42 Å². The second-order valence-electron chi connectivity index (χ2n) is 9.68. The number of halogens is 3. The van der Waals surface area contributed by atoms with Crippen LogP contribution in [0.15, 0.2) is 29.2 Å². The molecule has 1 atom stereocenters. The van der Waals surface area contributed by atoms with Gasteiger partial charge in [0.05, 0.1) is 22.2 Å². The fourth-order valence-corrected chi connectivity index (χ4v) is 6.30. The van der Waals surface area contributed by atoms with Gasteiger partial charge < -0.3 is 4.90 Å². The monoisotopic (exact) mass is 473 g/mol. The smallest absolute Gasteiger partial charge is 0.323 e. The van der Waals surface area contributed by atoms with E-state index in [0.717, 1.165) is 25.0 Å². The molecule has 0 aromatic heterocycles. The van der Waals surface area contributed by atoms with Gasteiger partial charge in [-0.3, -0.25) is 10.1 Å². The highest BCUT2D eigenvalue weighted by molar-refractivity contribution is 7.89. The van der Waals surface area contributed by atoms with Crippen LogP contribution in [0.25, 0.3) is 0 Å². The van der Waals surface area contributed by atoms with Crippen molar-refractivity contribution in [2.24, 2.45) is 11.8 Å². The number of piperidine rings is 1. The van der Waals surface area contributed by atoms with Gasteiger partial charge in [0, 0.05) is 19.6 Å². The summed E-state index contributed by atoms with van der Waals surface area (Å²) >= 11 is 0. The highest BCUT2D eigenvalue weighted by Crippen LogP contribution is 2.40. The van der Waals surface area contributed by atoms with Crippen LogP contribution in [-0.2, 0) is 21.0 Å². The molecule has 32 heavy (non-hydrogen) atoms. The number of hydrogen-bond acceptors (Lipinski definition) is 4. The van der Waals surface area contributed by atoms with Crippen molar-refractivity contribution in [3.05, 3.63) is 29.8 Å². The van der Waals surface area contributed by atoms with E-state index in [1.807, 2.05) is 4.90 Å². The quantitative estimate of drug-likeness (QED) is 0.687. The Morgan fingerprint density at radius 3 is 2.41 bits per heavy atom. The third kappa shape index (κ3) is 4.54. The summed E-state index contributed by atoms with van der Waals surface area (Å²) in [5.74, 6) is 0.929. The van der Waals surface area contributed by atoms with Gasteiger partial charge in [-0.15, -0.1) is 0 Å². The van der Waals surface area contributed by atoms with E-state index in [9.17, 15) is 26.4 Å². The van der Waals surface area contributed by atoms with E-state index in [-0.39, 0.29) is 29.9 Å². The van der Waals surface area contributed by atoms with Crippen molar-refractivity contribution in [3.63, 3.8) is 0 Å². The lowest BCUT2D eigenvalue weighted by molar-refractivity contribution is -0.137. The largest absolute Gasteiger partial charge is 0.416 e. The molecule has 1 aromatic carbocycles. The van der Waals surface area contributed by atoms with Crippen molar-refractivity contribution in [1.82, 2.24) is 14.5 Å². The molecule has 178 valence electrons. The number of alkyl halides is 3. The van der Waals surface area contributed by atoms with Crippen LogP contribution >= 0.6 is 0 Å². The molecule has 2 saturated heterocycles. The van der Waals surface area contributed by atoms with Crippen LogP contribution in [0.4, 0.5) is 13.2 Å². The molecule has 1 aliphatic carbocycles. The summed E-state index contributed by atoms with van der Waals surface area (Å²) < 4.78 is 66.6. The molecule has 6 nitrogen and oxygen atoms in total. The third-order valence-corrected chi connectivity index (χ3v) is 8.61. The Bertz CT molecular complexity index is 968. The van der Waals surface area contributed by atoms with Crippen molar-refractivity contribution >= 4 is 15.9 Å². The SMILES string of the molecule is CC(C)C[C@@H]1NC2(CCN(S(=O)(=O)c3cccc(C(F)(F)F)c3)CC2)N(CC2CC2)C1=O. The number of carbonyl (C=O) groups excluding carboxylic acids is 1. The normalized spacial score (nSPS) is 24.6. The first-order valence-electron chi connectivity index (χ1n) is 11.2. The molecule has 2 heterocycles. The Labute approximate surface area is 187 Å². The molecule has 0 unspecified atom stereocenters. The van der Waals surface area contributed by atoms with Crippen LogP contribution in [-0.4, -0.2) is 54.9 Å². The average molecular weight is 474 g/mol. The second kappa shape index (κ2) is 8.29. The van der Waals surface area contributed by atoms with Gasteiger partial charge in [0.2, 0.25) is 15.9 Å². The number of amides is 1. The molecule has 1 amide bonds. The maximum absolute atomic E-state index is 13.1. The van der Waals surface area contributed by atoms with Gasteiger partial charge in [0.1, 0.15) is 0 Å². The topological polar surface area (TPSA) is 69.7 Å². The van der Waals surface area contributed by atoms with E-state index < -0.39 is 27.4 Å². The molecule has 4 rings (SSSR count). The minimum Gasteiger partial charge on any atom is -0.323 e. The molecule has 1 N–H and O–H groups in total. The van der Waals surface area contributed by atoms with E-state index in [1.165, 1.54) is 10.4 Å². The number of benzene rings is 1. The minimum atomic E-state index is -4.61. The first-order chi connectivity index (χ1) is 14.9. The van der Waals surface area contributed by atoms with Crippen LogP contribution in [0, 0.1) is 11.8 Å². The second-order valence-corrected chi connectivity index (χ2v) is 11.6. The highest BCUT2D eigenvalue weighted by Gasteiger charge is 2.53. The van der Waals surface area contributed by atoms with Gasteiger partial charge in [0.15, 0.2) is 0 Å². The lowest BCUT2D eigenvalue weighted by atomic mass is 9.96. The van der Waals surface area contributed by atoms with Crippen molar-refractivity contribution in [2.45, 2.75) is 68.7 Å². The predicted molar refractivity (Wildman–Crippen MR) is 113 cm³/mol. The van der Waals surface area contributed by atoms with Crippen molar-refractivity contribution in [1.29, 1.82) is 0 Å². The van der Waals surface area contributed by atoms with E-state index in [1.54, 1.807) is 0 Å². The molecule has 1 spiro atoms. The average Bonchev–Trinajstić information content (AvgIpc) is 3.51. The molecule has 10 heteroatoms. The minimum absolute atomic E-state index is 0.0831. The molecular formula is C22H30F3N3O3S. The standard InChI is InChI=1S/C22H30F3N3O3S/c1-15(2)12-19-20(29)28(14-16-6-7-16)21(26-19)8-10-27(11-9-21)32(30,31)18-5-3-4-17(13-18)22(23,24)25/h3-5,13,15-16,19,26H,6-12,14H2,1-2H3/t19-/m0/s1. The van der Waals surface area contributed by atoms with Crippen molar-refractivity contribution in [3.8, 4) is 0 Å². The summed E-state index contributed by atoms with van der Waals surface area (Å²) in [6, 6.07) is 3.59. The summed E-state index contributed by atoms with van der Waals surface area (Å²) in [7, 11) is -4.06. The summed E-state index contributed by atoms with van der Waals surface area (Å²) in [5, 5.41) is 3.52. The molecule has 1 aromatic rings. The van der Waals surface area contributed by atoms with E-state index in [0.29, 0.717) is 43.7 Å². The predicted octanol–water partition coefficient (Wildman–Crippen LogP) is 3.44. The number of nitrogens with zero attached hydrogens (tertiary/aromatic N) is 2. The zero-order valence-electron chi connectivity index (χ0n) is 18.4. The Balaban J connectivity index is 1.52. The molecular weight excluding hydrogens is 443 g/mol. The van der Waals surface area contributed by atoms with Crippen LogP contribution < -0.4 is 5.32 Å². The molecule has 2 aliphatic heterocycles. The summed E-state index contributed by atoms with van der Waals surface area (Å²) in [6.45, 7) is 5.11. The zero-order chi connectivity index (χ0) is 23.3.